The van der Waals surface area contributed by atoms with Crippen LogP contribution >= 0.6 is 0 Å². The summed E-state index contributed by atoms with van der Waals surface area (Å²) in [6.45, 7) is 6.17. The quantitative estimate of drug-likeness (QED) is 0.752. The van der Waals surface area contributed by atoms with Gasteiger partial charge < -0.3 is 9.84 Å². The fourth-order valence-corrected chi connectivity index (χ4v) is 8.04. The summed E-state index contributed by atoms with van der Waals surface area (Å²) >= 11 is 0. The molecule has 0 aliphatic heterocycles. The summed E-state index contributed by atoms with van der Waals surface area (Å²) in [5, 5.41) is 10.2. The van der Waals surface area contributed by atoms with Crippen molar-refractivity contribution in [3.63, 3.8) is 0 Å². The van der Waals surface area contributed by atoms with Crippen molar-refractivity contribution >= 4 is 11.8 Å². The van der Waals surface area contributed by atoms with Gasteiger partial charge in [0, 0.05) is 12.8 Å². The van der Waals surface area contributed by atoms with Gasteiger partial charge in [-0.3, -0.25) is 9.59 Å². The number of aliphatic hydroxyl groups excluding tert-OH is 1. The highest BCUT2D eigenvalue weighted by atomic mass is 16.5. The first-order valence-corrected chi connectivity index (χ1v) is 11.1. The molecule has 0 heterocycles. The minimum absolute atomic E-state index is 0.0475. The summed E-state index contributed by atoms with van der Waals surface area (Å²) in [7, 11) is 0. The molecule has 0 amide bonds. The van der Waals surface area contributed by atoms with Gasteiger partial charge in [-0.2, -0.15) is 0 Å². The molecule has 4 aliphatic carbocycles. The van der Waals surface area contributed by atoms with Gasteiger partial charge in [-0.15, -0.1) is 0 Å². The smallest absolute Gasteiger partial charge is 0.303 e. The van der Waals surface area contributed by atoms with E-state index in [4.69, 9.17) is 4.74 Å². The average molecular weight is 377 g/mol. The molecule has 0 aromatic rings. The Morgan fingerprint density at radius 3 is 2.41 bits per heavy atom. The Morgan fingerprint density at radius 1 is 0.963 bits per heavy atom. The van der Waals surface area contributed by atoms with Gasteiger partial charge in [0.05, 0.1) is 6.10 Å². The van der Waals surface area contributed by atoms with Crippen LogP contribution in [-0.4, -0.2) is 29.6 Å². The molecule has 2 unspecified atom stereocenters. The maximum Gasteiger partial charge on any atom is 0.303 e. The molecule has 0 aromatic heterocycles. The van der Waals surface area contributed by atoms with E-state index in [9.17, 15) is 14.7 Å². The highest BCUT2D eigenvalue weighted by Crippen LogP contribution is 2.67. The van der Waals surface area contributed by atoms with Crippen LogP contribution in [0.25, 0.3) is 0 Å². The summed E-state index contributed by atoms with van der Waals surface area (Å²) in [6.07, 6.45) is 9.99. The zero-order chi connectivity index (χ0) is 19.4. The van der Waals surface area contributed by atoms with E-state index in [2.05, 4.69) is 13.8 Å². The number of esters is 1. The molecule has 0 radical (unpaired) electrons. The molecule has 4 nitrogen and oxygen atoms in total. The van der Waals surface area contributed by atoms with Crippen molar-refractivity contribution in [3.8, 4) is 0 Å². The second-order valence-corrected chi connectivity index (χ2v) is 10.5. The van der Waals surface area contributed by atoms with Crippen LogP contribution in [0.5, 0.6) is 0 Å². The van der Waals surface area contributed by atoms with Gasteiger partial charge in [-0.1, -0.05) is 13.8 Å². The summed E-state index contributed by atoms with van der Waals surface area (Å²) < 4.78 is 5.03. The zero-order valence-corrected chi connectivity index (χ0v) is 17.2. The normalized spacial score (nSPS) is 48.9. The molecule has 0 aromatic carbocycles. The third kappa shape index (κ3) is 3.07. The lowest BCUT2D eigenvalue weighted by atomic mass is 9.44. The van der Waals surface area contributed by atoms with Crippen LogP contribution in [0.15, 0.2) is 0 Å². The minimum Gasteiger partial charge on any atom is -0.458 e. The lowest BCUT2D eigenvalue weighted by Gasteiger charge is -2.60. The fraction of sp³-hybridized carbons (Fsp3) is 0.913. The Labute approximate surface area is 163 Å². The van der Waals surface area contributed by atoms with Crippen molar-refractivity contribution in [1.82, 2.24) is 0 Å². The van der Waals surface area contributed by atoms with E-state index >= 15 is 0 Å². The number of aliphatic hydroxyl groups is 1. The number of hydrogen-bond donors (Lipinski definition) is 1. The van der Waals surface area contributed by atoms with Crippen molar-refractivity contribution in [2.45, 2.75) is 84.7 Å². The van der Waals surface area contributed by atoms with Gasteiger partial charge in [0.25, 0.3) is 0 Å². The first kappa shape index (κ1) is 19.4. The number of carbonyl (C=O) groups excluding carboxylic acids is 2. The van der Waals surface area contributed by atoms with Gasteiger partial charge in [0.1, 0.15) is 6.61 Å². The number of ether oxygens (including phenoxy) is 1. The second-order valence-electron chi connectivity index (χ2n) is 10.5. The topological polar surface area (TPSA) is 63.6 Å². The van der Waals surface area contributed by atoms with Crippen LogP contribution in [0.3, 0.4) is 0 Å². The van der Waals surface area contributed by atoms with E-state index in [1.165, 1.54) is 26.2 Å². The third-order valence-electron chi connectivity index (χ3n) is 9.44. The third-order valence-corrected chi connectivity index (χ3v) is 9.44. The van der Waals surface area contributed by atoms with Crippen LogP contribution in [0.4, 0.5) is 0 Å². The Morgan fingerprint density at radius 2 is 1.67 bits per heavy atom. The summed E-state index contributed by atoms with van der Waals surface area (Å²) in [5.41, 5.74) is 0.457. The first-order chi connectivity index (χ1) is 12.8. The maximum atomic E-state index is 12.8. The molecule has 4 saturated carbocycles. The molecule has 0 spiro atoms. The summed E-state index contributed by atoms with van der Waals surface area (Å²) in [5.74, 6) is 2.62. The number of fused-ring (bicyclic) bond motifs is 5. The molecule has 4 fully saturated rings. The number of rotatable bonds is 3. The van der Waals surface area contributed by atoms with Crippen LogP contribution in [0.2, 0.25) is 0 Å². The van der Waals surface area contributed by atoms with Gasteiger partial charge >= 0.3 is 5.97 Å². The molecule has 8 atom stereocenters. The molecule has 4 heteroatoms. The maximum absolute atomic E-state index is 12.8. The number of ketones is 1. The minimum atomic E-state index is -0.363. The van der Waals surface area contributed by atoms with Crippen molar-refractivity contribution < 1.29 is 19.4 Å². The molecule has 1 N–H and O–H groups in total. The molecule has 27 heavy (non-hydrogen) atoms. The van der Waals surface area contributed by atoms with Gasteiger partial charge in [-0.05, 0) is 92.3 Å². The Bertz CT molecular complexity index is 615. The predicted octanol–water partition coefficient (Wildman–Crippen LogP) is 4.14. The highest BCUT2D eigenvalue weighted by molar-refractivity contribution is 5.85. The van der Waals surface area contributed by atoms with Gasteiger partial charge in [0.15, 0.2) is 5.78 Å². The van der Waals surface area contributed by atoms with Crippen LogP contribution in [0, 0.1) is 40.4 Å². The molecular formula is C23H36O4. The van der Waals surface area contributed by atoms with E-state index in [1.807, 2.05) is 0 Å². The number of Topliss-reactive ketones (excluding diaryl/α,β-unsaturated/α-hetero) is 1. The van der Waals surface area contributed by atoms with Crippen molar-refractivity contribution in [2.24, 2.45) is 40.4 Å². The second kappa shape index (κ2) is 6.86. The lowest BCUT2D eigenvalue weighted by Crippen LogP contribution is -2.54. The average Bonchev–Trinajstić information content (AvgIpc) is 2.97. The highest BCUT2D eigenvalue weighted by Gasteiger charge is 2.61. The standard InChI is InChI=1S/C23H36O4/c1-14(24)27-13-21(26)20-7-6-18-17-5-4-15-12-16(25)8-10-22(15,2)19(17)9-11-23(18,20)3/h15-20,25H,4-13H2,1-3H3/t15?,16?,17-,18-,19-,20+,22-,23-/m0/s1. The van der Waals surface area contributed by atoms with Crippen molar-refractivity contribution in [3.05, 3.63) is 0 Å². The summed E-state index contributed by atoms with van der Waals surface area (Å²) in [6, 6.07) is 0. The predicted molar refractivity (Wildman–Crippen MR) is 103 cm³/mol. The Hall–Kier alpha value is -0.900. The molecule has 152 valence electrons. The van der Waals surface area contributed by atoms with Gasteiger partial charge in [-0.25, -0.2) is 0 Å². The molecule has 4 rings (SSSR count). The van der Waals surface area contributed by atoms with Crippen LogP contribution in [0.1, 0.15) is 78.6 Å². The number of carbonyl (C=O) groups is 2. The van der Waals surface area contributed by atoms with Crippen molar-refractivity contribution in [2.75, 3.05) is 6.61 Å². The largest absolute Gasteiger partial charge is 0.458 e. The van der Waals surface area contributed by atoms with Gasteiger partial charge in [0.2, 0.25) is 0 Å². The van der Waals surface area contributed by atoms with E-state index in [1.54, 1.807) is 0 Å². The number of hydrogen-bond acceptors (Lipinski definition) is 4. The zero-order valence-electron chi connectivity index (χ0n) is 17.2. The lowest BCUT2D eigenvalue weighted by molar-refractivity contribution is -0.151. The SMILES string of the molecule is CC(=O)OCC(=O)[C@H]1CC[C@H]2[C@@H]3CCC4CC(O)CC[C@]4(C)[C@H]3CC[C@]12C. The molecule has 0 bridgehead atoms. The first-order valence-electron chi connectivity index (χ1n) is 11.1. The Kier molecular flexibility index (Phi) is 4.93. The molecule has 4 aliphatic rings. The molecule has 0 saturated heterocycles. The van der Waals surface area contributed by atoms with E-state index in [0.717, 1.165) is 50.4 Å². The van der Waals surface area contributed by atoms with Crippen molar-refractivity contribution in [1.29, 1.82) is 0 Å². The van der Waals surface area contributed by atoms with Crippen LogP contribution < -0.4 is 0 Å². The molecular weight excluding hydrogens is 340 g/mol. The summed E-state index contributed by atoms with van der Waals surface area (Å²) in [4.78, 5) is 23.9. The van der Waals surface area contributed by atoms with E-state index in [0.29, 0.717) is 17.3 Å². The Balaban J connectivity index is 1.52. The van der Waals surface area contributed by atoms with E-state index < -0.39 is 0 Å². The van der Waals surface area contributed by atoms with E-state index in [-0.39, 0.29) is 35.8 Å². The van der Waals surface area contributed by atoms with Crippen LogP contribution in [-0.2, 0) is 14.3 Å². The fourth-order valence-electron chi connectivity index (χ4n) is 8.04. The monoisotopic (exact) mass is 376 g/mol.